The van der Waals surface area contributed by atoms with Gasteiger partial charge in [-0.25, -0.2) is 4.39 Å². The van der Waals surface area contributed by atoms with E-state index in [1.165, 1.54) is 13.2 Å². The van der Waals surface area contributed by atoms with Crippen molar-refractivity contribution in [3.8, 4) is 5.75 Å². The number of anilines is 1. The summed E-state index contributed by atoms with van der Waals surface area (Å²) in [6.07, 6.45) is 0. The van der Waals surface area contributed by atoms with Gasteiger partial charge >= 0.3 is 0 Å². The Morgan fingerprint density at radius 2 is 1.91 bits per heavy atom. The highest BCUT2D eigenvalue weighted by Crippen LogP contribution is 2.17. The van der Waals surface area contributed by atoms with Crippen molar-refractivity contribution in [3.05, 3.63) is 59.4 Å². The molecule has 122 valence electrons. The summed E-state index contributed by atoms with van der Waals surface area (Å²) in [5, 5.41) is 2.86. The van der Waals surface area contributed by atoms with Gasteiger partial charge in [-0.1, -0.05) is 17.7 Å². The minimum atomic E-state index is -0.387. The second-order valence-corrected chi connectivity index (χ2v) is 5.69. The van der Waals surface area contributed by atoms with Gasteiger partial charge in [0.25, 0.3) is 5.91 Å². The highest BCUT2D eigenvalue weighted by atomic mass is 19.1. The van der Waals surface area contributed by atoms with Crippen molar-refractivity contribution >= 4 is 11.6 Å². The monoisotopic (exact) mass is 317 g/mol. The molecule has 23 heavy (non-hydrogen) atoms. The molecule has 1 unspecified atom stereocenters. The number of hydrogen-bond donors (Lipinski definition) is 2. The van der Waals surface area contributed by atoms with Gasteiger partial charge in [0.2, 0.25) is 0 Å². The molecule has 0 spiro atoms. The number of quaternary nitrogens is 1. The van der Waals surface area contributed by atoms with E-state index in [1.54, 1.807) is 6.07 Å². The summed E-state index contributed by atoms with van der Waals surface area (Å²) >= 11 is 0. The van der Waals surface area contributed by atoms with Crippen molar-refractivity contribution in [2.45, 2.75) is 13.5 Å². The molecule has 0 saturated carbocycles. The average molecular weight is 317 g/mol. The number of amides is 1. The Hall–Kier alpha value is -2.40. The van der Waals surface area contributed by atoms with Crippen molar-refractivity contribution in [1.29, 1.82) is 0 Å². The molecule has 5 heteroatoms. The van der Waals surface area contributed by atoms with E-state index in [1.807, 2.05) is 44.3 Å². The van der Waals surface area contributed by atoms with Crippen LogP contribution in [0.4, 0.5) is 10.1 Å². The van der Waals surface area contributed by atoms with Gasteiger partial charge in [0, 0.05) is 11.3 Å². The van der Waals surface area contributed by atoms with Gasteiger partial charge in [0.15, 0.2) is 18.1 Å². The van der Waals surface area contributed by atoms with Crippen molar-refractivity contribution < 1.29 is 18.8 Å². The molecule has 2 rings (SSSR count). The molecule has 2 N–H and O–H groups in total. The molecule has 0 radical (unpaired) electrons. The summed E-state index contributed by atoms with van der Waals surface area (Å²) in [4.78, 5) is 13.0. The van der Waals surface area contributed by atoms with Gasteiger partial charge in [-0.3, -0.25) is 4.79 Å². The Balaban J connectivity index is 1.88. The van der Waals surface area contributed by atoms with E-state index in [0.29, 0.717) is 13.1 Å². The van der Waals surface area contributed by atoms with Crippen LogP contribution >= 0.6 is 0 Å². The first-order valence-electron chi connectivity index (χ1n) is 7.48. The third kappa shape index (κ3) is 5.07. The Morgan fingerprint density at radius 3 is 2.52 bits per heavy atom. The number of methoxy groups -OCH3 is 1. The fourth-order valence-corrected chi connectivity index (χ4v) is 2.35. The zero-order valence-electron chi connectivity index (χ0n) is 13.7. The van der Waals surface area contributed by atoms with Gasteiger partial charge in [0.1, 0.15) is 6.54 Å². The van der Waals surface area contributed by atoms with Crippen LogP contribution in [0, 0.1) is 12.7 Å². The van der Waals surface area contributed by atoms with Crippen LogP contribution in [0.1, 0.15) is 11.1 Å². The summed E-state index contributed by atoms with van der Waals surface area (Å²) in [6.45, 7) is 2.86. The lowest BCUT2D eigenvalue weighted by Gasteiger charge is -2.14. The van der Waals surface area contributed by atoms with Gasteiger partial charge in [-0.05, 0) is 37.3 Å². The zero-order valence-corrected chi connectivity index (χ0v) is 13.7. The summed E-state index contributed by atoms with van der Waals surface area (Å²) in [5.74, 6) is -0.231. The number of rotatable bonds is 6. The van der Waals surface area contributed by atoms with Crippen LogP contribution in [-0.4, -0.2) is 26.6 Å². The summed E-state index contributed by atoms with van der Waals surface area (Å²) in [5.41, 5.74) is 2.75. The molecule has 0 saturated heterocycles. The van der Waals surface area contributed by atoms with E-state index < -0.39 is 0 Å². The molecule has 1 amide bonds. The number of ether oxygens (including phenoxy) is 1. The maximum atomic E-state index is 13.7. The largest absolute Gasteiger partial charge is 0.494 e. The van der Waals surface area contributed by atoms with Crippen LogP contribution in [0.5, 0.6) is 5.75 Å². The van der Waals surface area contributed by atoms with Gasteiger partial charge < -0.3 is 15.0 Å². The lowest BCUT2D eigenvalue weighted by molar-refractivity contribution is -0.885. The quantitative estimate of drug-likeness (QED) is 0.853. The SMILES string of the molecule is COc1ccc(C[NH+](C)CC(=O)Nc2ccc(C)cc2)cc1F. The van der Waals surface area contributed by atoms with Crippen LogP contribution < -0.4 is 15.0 Å². The first-order valence-corrected chi connectivity index (χ1v) is 7.48. The predicted molar refractivity (Wildman–Crippen MR) is 88.2 cm³/mol. The van der Waals surface area contributed by atoms with E-state index in [-0.39, 0.29) is 17.5 Å². The third-order valence-electron chi connectivity index (χ3n) is 3.52. The van der Waals surface area contributed by atoms with E-state index in [4.69, 9.17) is 4.74 Å². The average Bonchev–Trinajstić information content (AvgIpc) is 2.49. The number of likely N-dealkylation sites (N-methyl/N-ethyl adjacent to an activating group) is 1. The highest BCUT2D eigenvalue weighted by Gasteiger charge is 2.12. The van der Waals surface area contributed by atoms with Crippen molar-refractivity contribution in [2.75, 3.05) is 26.0 Å². The van der Waals surface area contributed by atoms with Crippen molar-refractivity contribution in [2.24, 2.45) is 0 Å². The summed E-state index contributed by atoms with van der Waals surface area (Å²) < 4.78 is 18.6. The number of benzene rings is 2. The lowest BCUT2D eigenvalue weighted by atomic mass is 10.2. The number of halogens is 1. The summed E-state index contributed by atoms with van der Waals surface area (Å²) in [6, 6.07) is 12.5. The number of carbonyl (C=O) groups excluding carboxylic acids is 1. The second-order valence-electron chi connectivity index (χ2n) is 5.69. The molecular formula is C18H22FN2O2+. The maximum absolute atomic E-state index is 13.7. The second kappa shape index (κ2) is 7.74. The van der Waals surface area contributed by atoms with Gasteiger partial charge in [0.05, 0.1) is 14.2 Å². The Bertz CT molecular complexity index is 671. The molecule has 0 heterocycles. The van der Waals surface area contributed by atoms with Gasteiger partial charge in [-0.2, -0.15) is 0 Å². The standard InChI is InChI=1S/C18H21FN2O2/c1-13-4-7-15(8-5-13)20-18(22)12-21(2)11-14-6-9-17(23-3)16(19)10-14/h4-10H,11-12H2,1-3H3,(H,20,22)/p+1. The molecule has 0 aliphatic carbocycles. The predicted octanol–water partition coefficient (Wildman–Crippen LogP) is 1.80. The summed E-state index contributed by atoms with van der Waals surface area (Å²) in [7, 11) is 3.34. The van der Waals surface area contributed by atoms with Crippen molar-refractivity contribution in [1.82, 2.24) is 0 Å². The first-order chi connectivity index (χ1) is 11.0. The van der Waals surface area contributed by atoms with E-state index in [2.05, 4.69) is 5.32 Å². The Kier molecular flexibility index (Phi) is 5.71. The van der Waals surface area contributed by atoms with Crippen LogP contribution in [0.25, 0.3) is 0 Å². The highest BCUT2D eigenvalue weighted by molar-refractivity contribution is 5.91. The molecule has 0 aromatic heterocycles. The van der Waals surface area contributed by atoms with E-state index >= 15 is 0 Å². The smallest absolute Gasteiger partial charge is 0.279 e. The molecule has 2 aromatic rings. The lowest BCUT2D eigenvalue weighted by Crippen LogP contribution is -3.08. The third-order valence-corrected chi connectivity index (χ3v) is 3.52. The fraction of sp³-hybridized carbons (Fsp3) is 0.278. The molecule has 4 nitrogen and oxygen atoms in total. The maximum Gasteiger partial charge on any atom is 0.279 e. The number of carbonyl (C=O) groups is 1. The molecule has 0 fully saturated rings. The molecule has 0 aliphatic heterocycles. The van der Waals surface area contributed by atoms with Crippen LogP contribution in [-0.2, 0) is 11.3 Å². The minimum Gasteiger partial charge on any atom is -0.494 e. The zero-order chi connectivity index (χ0) is 16.8. The van der Waals surface area contributed by atoms with Crippen LogP contribution in [0.2, 0.25) is 0 Å². The normalized spacial score (nSPS) is 11.8. The first kappa shape index (κ1) is 17.0. The van der Waals surface area contributed by atoms with Crippen LogP contribution in [0.15, 0.2) is 42.5 Å². The van der Waals surface area contributed by atoms with E-state index in [0.717, 1.165) is 21.7 Å². The topological polar surface area (TPSA) is 42.8 Å². The van der Waals surface area contributed by atoms with Crippen LogP contribution in [0.3, 0.4) is 0 Å². The number of aryl methyl sites for hydroxylation is 1. The van der Waals surface area contributed by atoms with E-state index in [9.17, 15) is 9.18 Å². The van der Waals surface area contributed by atoms with Crippen molar-refractivity contribution in [3.63, 3.8) is 0 Å². The molecule has 0 bridgehead atoms. The molecule has 0 aliphatic rings. The fourth-order valence-electron chi connectivity index (χ4n) is 2.35. The molecule has 2 aromatic carbocycles. The molecular weight excluding hydrogens is 295 g/mol. The molecule has 1 atom stereocenters. The number of hydrogen-bond acceptors (Lipinski definition) is 2. The Morgan fingerprint density at radius 1 is 1.22 bits per heavy atom. The number of nitrogens with one attached hydrogen (secondary N) is 2. The van der Waals surface area contributed by atoms with Gasteiger partial charge in [-0.15, -0.1) is 0 Å². The minimum absolute atomic E-state index is 0.0691. The Labute approximate surface area is 135 Å².